The van der Waals surface area contributed by atoms with Crippen LogP contribution in [0.15, 0.2) is 93.1 Å². The number of benzene rings is 3. The monoisotopic (exact) mass is 593 g/mol. The molecule has 0 aliphatic rings. The Morgan fingerprint density at radius 3 is 2.34 bits per heavy atom. The average Bonchev–Trinajstić information content (AvgIpc) is 3.45. The van der Waals surface area contributed by atoms with Crippen molar-refractivity contribution in [3.05, 3.63) is 123 Å². The highest BCUT2D eigenvalue weighted by molar-refractivity contribution is 5.80. The second-order valence-corrected chi connectivity index (χ2v) is 11.1. The lowest BCUT2D eigenvalue weighted by Gasteiger charge is -2.18. The molecule has 3 aromatic carbocycles. The first kappa shape index (κ1) is 30.2. The van der Waals surface area contributed by atoms with E-state index in [1.54, 1.807) is 48.8 Å². The third kappa shape index (κ3) is 6.87. The summed E-state index contributed by atoms with van der Waals surface area (Å²) in [6.45, 7) is 5.53. The van der Waals surface area contributed by atoms with Gasteiger partial charge in [0.1, 0.15) is 18.2 Å². The highest BCUT2D eigenvalue weighted by atomic mass is 16.5. The lowest BCUT2D eigenvalue weighted by molar-refractivity contribution is 0.0285. The second kappa shape index (κ2) is 13.0. The van der Waals surface area contributed by atoms with Crippen molar-refractivity contribution < 1.29 is 14.4 Å². The van der Waals surface area contributed by atoms with E-state index in [0.29, 0.717) is 41.5 Å². The summed E-state index contributed by atoms with van der Waals surface area (Å²) in [5.41, 5.74) is 10.1. The van der Waals surface area contributed by atoms with Crippen LogP contribution in [0.5, 0.6) is 5.75 Å². The number of nitrogens with two attached hydrogens (primary N) is 1. The summed E-state index contributed by atoms with van der Waals surface area (Å²) in [7, 11) is 0. The summed E-state index contributed by atoms with van der Waals surface area (Å²) in [4.78, 5) is 33.2. The maximum absolute atomic E-state index is 14.1. The average molecular weight is 594 g/mol. The van der Waals surface area contributed by atoms with E-state index >= 15 is 0 Å². The Morgan fingerprint density at radius 2 is 1.73 bits per heavy atom. The predicted octanol–water partition coefficient (Wildman–Crippen LogP) is 4.87. The van der Waals surface area contributed by atoms with Crippen molar-refractivity contribution in [1.82, 2.24) is 19.7 Å². The minimum Gasteiger partial charge on any atom is -0.491 e. The van der Waals surface area contributed by atoms with Crippen molar-refractivity contribution in [1.29, 1.82) is 0 Å². The molecular weight excluding hydrogens is 558 g/mol. The standard InChI is InChI=1S/C34H35N5O5/c1-4-7-29-28(20-22-10-12-23(13-11-22)26-8-5-6-9-27(26)31-37-33(41)44-38-31)32(40)39(30(36-29)18-19-35)24-14-16-25(17-15-24)43-21-34(2,3)42/h5-6,8-19,42H,4,7,20-21,35H2,1-3H3,(H,37,38,41)/b19-18-. The van der Waals surface area contributed by atoms with Crippen LogP contribution >= 0.6 is 0 Å². The molecule has 10 heteroatoms. The van der Waals surface area contributed by atoms with E-state index in [2.05, 4.69) is 17.1 Å². The number of rotatable bonds is 11. The number of nitrogens with zero attached hydrogens (tertiary/aromatic N) is 3. The molecule has 2 heterocycles. The Labute approximate surface area is 254 Å². The topological polar surface area (TPSA) is 149 Å². The van der Waals surface area contributed by atoms with Crippen molar-refractivity contribution in [2.45, 2.75) is 45.6 Å². The predicted molar refractivity (Wildman–Crippen MR) is 170 cm³/mol. The van der Waals surface area contributed by atoms with E-state index in [0.717, 1.165) is 34.4 Å². The summed E-state index contributed by atoms with van der Waals surface area (Å²) in [6, 6.07) is 22.6. The van der Waals surface area contributed by atoms with Gasteiger partial charge in [0.2, 0.25) is 0 Å². The second-order valence-electron chi connectivity index (χ2n) is 11.1. The number of aryl methyl sites for hydroxylation is 1. The number of aromatic amines is 1. The van der Waals surface area contributed by atoms with Crippen molar-refractivity contribution in [3.63, 3.8) is 0 Å². The zero-order valence-corrected chi connectivity index (χ0v) is 24.9. The van der Waals surface area contributed by atoms with Crippen LogP contribution in [0.3, 0.4) is 0 Å². The zero-order valence-electron chi connectivity index (χ0n) is 24.9. The first-order chi connectivity index (χ1) is 21.2. The summed E-state index contributed by atoms with van der Waals surface area (Å²) in [6.07, 6.45) is 4.85. The van der Waals surface area contributed by atoms with E-state index in [4.69, 9.17) is 20.0 Å². The molecule has 0 spiro atoms. The minimum atomic E-state index is -0.971. The van der Waals surface area contributed by atoms with Gasteiger partial charge in [-0.3, -0.25) is 18.9 Å². The van der Waals surface area contributed by atoms with Crippen LogP contribution in [0, 0.1) is 0 Å². The first-order valence-electron chi connectivity index (χ1n) is 14.4. The van der Waals surface area contributed by atoms with Crippen LogP contribution in [-0.2, 0) is 12.8 Å². The third-order valence-electron chi connectivity index (χ3n) is 6.98. The van der Waals surface area contributed by atoms with Gasteiger partial charge in [0.25, 0.3) is 5.56 Å². The molecule has 0 unspecified atom stereocenters. The van der Waals surface area contributed by atoms with Gasteiger partial charge in [-0.05, 0) is 73.5 Å². The quantitative estimate of drug-likeness (QED) is 0.196. The SMILES string of the molecule is CCCc1nc(/C=C\N)n(-c2ccc(OCC(C)(C)O)cc2)c(=O)c1Cc1ccc(-c2ccccc2-c2noc(=O)[nH]2)cc1. The van der Waals surface area contributed by atoms with Crippen molar-refractivity contribution in [2.75, 3.05) is 6.61 Å². The van der Waals surface area contributed by atoms with Crippen molar-refractivity contribution in [2.24, 2.45) is 5.73 Å². The van der Waals surface area contributed by atoms with E-state index in [-0.39, 0.29) is 12.2 Å². The van der Waals surface area contributed by atoms with Gasteiger partial charge in [0.05, 0.1) is 17.0 Å². The van der Waals surface area contributed by atoms with Crippen molar-refractivity contribution in [3.8, 4) is 34.0 Å². The Bertz CT molecular complexity index is 1880. The number of ether oxygens (including phenoxy) is 1. The van der Waals surface area contributed by atoms with Gasteiger partial charge in [0.15, 0.2) is 5.82 Å². The third-order valence-corrected chi connectivity index (χ3v) is 6.98. The van der Waals surface area contributed by atoms with Gasteiger partial charge in [-0.2, -0.15) is 0 Å². The lowest BCUT2D eigenvalue weighted by atomic mass is 9.96. The Morgan fingerprint density at radius 1 is 1.02 bits per heavy atom. The van der Waals surface area contributed by atoms with Crippen LogP contribution in [0.1, 0.15) is 49.8 Å². The smallest absolute Gasteiger partial charge is 0.439 e. The maximum atomic E-state index is 14.1. The van der Waals surface area contributed by atoms with Gasteiger partial charge in [0, 0.05) is 17.5 Å². The molecule has 5 rings (SSSR count). The molecule has 4 N–H and O–H groups in total. The summed E-state index contributed by atoms with van der Waals surface area (Å²) in [5.74, 6) is 0.754. The largest absolute Gasteiger partial charge is 0.491 e. The molecular formula is C34H35N5O5. The molecule has 10 nitrogen and oxygen atoms in total. The number of hydrogen-bond donors (Lipinski definition) is 3. The van der Waals surface area contributed by atoms with Crippen LogP contribution < -0.4 is 21.8 Å². The molecule has 2 aromatic heterocycles. The zero-order chi connectivity index (χ0) is 31.3. The molecule has 0 radical (unpaired) electrons. The highest BCUT2D eigenvalue weighted by Crippen LogP contribution is 2.30. The number of hydrogen-bond acceptors (Lipinski definition) is 8. The van der Waals surface area contributed by atoms with Gasteiger partial charge in [-0.1, -0.05) is 67.0 Å². The van der Waals surface area contributed by atoms with Gasteiger partial charge >= 0.3 is 5.76 Å². The molecule has 0 saturated carbocycles. The number of H-pyrrole nitrogens is 1. The molecule has 0 aliphatic carbocycles. The highest BCUT2D eigenvalue weighted by Gasteiger charge is 2.18. The van der Waals surface area contributed by atoms with Crippen molar-refractivity contribution >= 4 is 6.08 Å². The van der Waals surface area contributed by atoms with Crippen LogP contribution in [0.25, 0.3) is 34.3 Å². The Balaban J connectivity index is 1.50. The van der Waals surface area contributed by atoms with E-state index < -0.39 is 11.4 Å². The van der Waals surface area contributed by atoms with E-state index in [1.165, 1.54) is 6.20 Å². The summed E-state index contributed by atoms with van der Waals surface area (Å²) >= 11 is 0. The molecule has 0 fully saturated rings. The Kier molecular flexibility index (Phi) is 8.91. The first-order valence-corrected chi connectivity index (χ1v) is 14.4. The fraction of sp³-hybridized carbons (Fsp3) is 0.235. The van der Waals surface area contributed by atoms with E-state index in [9.17, 15) is 14.7 Å². The molecule has 44 heavy (non-hydrogen) atoms. The number of aliphatic hydroxyl groups is 1. The van der Waals surface area contributed by atoms with E-state index in [1.807, 2.05) is 48.5 Å². The molecule has 0 saturated heterocycles. The van der Waals surface area contributed by atoms with Gasteiger partial charge in [-0.25, -0.2) is 9.78 Å². The minimum absolute atomic E-state index is 0.134. The molecule has 226 valence electrons. The molecule has 0 amide bonds. The molecule has 0 atom stereocenters. The Hall–Kier alpha value is -5.22. The fourth-order valence-corrected chi connectivity index (χ4v) is 4.93. The van der Waals surface area contributed by atoms with Gasteiger partial charge in [-0.15, -0.1) is 0 Å². The molecule has 0 bridgehead atoms. The molecule has 0 aliphatic heterocycles. The van der Waals surface area contributed by atoms with Crippen LogP contribution in [0.2, 0.25) is 0 Å². The molecule has 5 aromatic rings. The summed E-state index contributed by atoms with van der Waals surface area (Å²) in [5, 5.41) is 13.8. The van der Waals surface area contributed by atoms with Crippen LogP contribution in [0.4, 0.5) is 0 Å². The summed E-state index contributed by atoms with van der Waals surface area (Å²) < 4.78 is 12.0. The van der Waals surface area contributed by atoms with Crippen LogP contribution in [-0.4, -0.2) is 37.0 Å². The normalized spacial score (nSPS) is 11.7. The maximum Gasteiger partial charge on any atom is 0.439 e. The number of nitrogens with one attached hydrogen (secondary N) is 1. The lowest BCUT2D eigenvalue weighted by Crippen LogP contribution is -2.28. The fourth-order valence-electron chi connectivity index (χ4n) is 4.93. The van der Waals surface area contributed by atoms with Gasteiger partial charge < -0.3 is 15.6 Å². The number of aromatic nitrogens is 4.